The molecule has 1 saturated heterocycles. The van der Waals surface area contributed by atoms with E-state index in [-0.39, 0.29) is 11.8 Å². The first-order valence-corrected chi connectivity index (χ1v) is 8.65. The highest BCUT2D eigenvalue weighted by Crippen LogP contribution is 2.22. The first-order chi connectivity index (χ1) is 9.54. The second kappa shape index (κ2) is 9.23. The van der Waals surface area contributed by atoms with Crippen LogP contribution in [-0.4, -0.2) is 48.1 Å². The lowest BCUT2D eigenvalue weighted by Gasteiger charge is -2.28. The van der Waals surface area contributed by atoms with Gasteiger partial charge in [-0.3, -0.25) is 4.79 Å². The van der Waals surface area contributed by atoms with Crippen LogP contribution in [0.15, 0.2) is 0 Å². The zero-order valence-electron chi connectivity index (χ0n) is 12.4. The molecule has 3 atom stereocenters. The highest BCUT2D eigenvalue weighted by atomic mass is 32.2. The third-order valence-electron chi connectivity index (χ3n) is 3.89. The van der Waals surface area contributed by atoms with E-state index >= 15 is 0 Å². The molecule has 1 aliphatic heterocycles. The van der Waals surface area contributed by atoms with Gasteiger partial charge < -0.3 is 15.7 Å². The third kappa shape index (κ3) is 6.13. The lowest BCUT2D eigenvalue weighted by Crippen LogP contribution is -2.42. The van der Waals surface area contributed by atoms with Gasteiger partial charge in [0, 0.05) is 6.42 Å². The topological polar surface area (TPSA) is 78.4 Å². The molecule has 20 heavy (non-hydrogen) atoms. The third-order valence-corrected chi connectivity index (χ3v) is 4.54. The molecule has 3 N–H and O–H groups in total. The summed E-state index contributed by atoms with van der Waals surface area (Å²) >= 11 is 1.59. The van der Waals surface area contributed by atoms with Crippen LogP contribution in [0.3, 0.4) is 0 Å². The fraction of sp³-hybridized carbons (Fsp3) is 0.857. The van der Waals surface area contributed by atoms with Crippen LogP contribution in [-0.2, 0) is 9.59 Å². The van der Waals surface area contributed by atoms with E-state index in [1.807, 2.05) is 6.26 Å². The Balaban J connectivity index is 2.37. The Hall–Kier alpha value is -0.750. The zero-order valence-corrected chi connectivity index (χ0v) is 13.2. The summed E-state index contributed by atoms with van der Waals surface area (Å²) < 4.78 is 0. The number of hydrogen-bond acceptors (Lipinski definition) is 4. The molecule has 1 aliphatic rings. The molecule has 0 aromatic rings. The fourth-order valence-corrected chi connectivity index (χ4v) is 3.04. The molecule has 2 unspecified atom stereocenters. The normalized spacial score (nSPS) is 22.0. The van der Waals surface area contributed by atoms with Gasteiger partial charge in [0.2, 0.25) is 5.91 Å². The molecule has 1 fully saturated rings. The minimum absolute atomic E-state index is 0.142. The lowest BCUT2D eigenvalue weighted by atomic mass is 9.85. The van der Waals surface area contributed by atoms with E-state index in [1.165, 1.54) is 0 Å². The van der Waals surface area contributed by atoms with Crippen LogP contribution >= 0.6 is 11.8 Å². The van der Waals surface area contributed by atoms with Gasteiger partial charge in [0.05, 0.1) is 0 Å². The molecule has 1 rings (SSSR count). The SMILES string of the molecule is CSCC[C@@H](NC(=O)CC(C)C1CCCNC1)C(=O)O. The molecule has 0 aromatic carbocycles. The van der Waals surface area contributed by atoms with Crippen LogP contribution in [0.4, 0.5) is 0 Å². The number of aliphatic carboxylic acids is 1. The molecule has 6 heteroatoms. The average Bonchev–Trinajstić information content (AvgIpc) is 2.44. The van der Waals surface area contributed by atoms with Crippen molar-refractivity contribution in [2.45, 2.75) is 38.6 Å². The summed E-state index contributed by atoms with van der Waals surface area (Å²) in [5.74, 6) is 0.456. The first-order valence-electron chi connectivity index (χ1n) is 7.26. The summed E-state index contributed by atoms with van der Waals surface area (Å²) in [6.45, 7) is 4.10. The van der Waals surface area contributed by atoms with Crippen molar-refractivity contribution in [3.63, 3.8) is 0 Å². The fourth-order valence-electron chi connectivity index (χ4n) is 2.57. The maximum absolute atomic E-state index is 12.0. The molecule has 116 valence electrons. The predicted molar refractivity (Wildman–Crippen MR) is 81.9 cm³/mol. The number of carbonyl (C=O) groups is 2. The van der Waals surface area contributed by atoms with Gasteiger partial charge in [0.1, 0.15) is 6.04 Å². The van der Waals surface area contributed by atoms with Crippen LogP contribution in [0.25, 0.3) is 0 Å². The average molecular weight is 302 g/mol. The van der Waals surface area contributed by atoms with Crippen LogP contribution in [0.1, 0.15) is 32.6 Å². The highest BCUT2D eigenvalue weighted by Gasteiger charge is 2.24. The smallest absolute Gasteiger partial charge is 0.326 e. The number of carbonyl (C=O) groups excluding carboxylic acids is 1. The Morgan fingerprint density at radius 2 is 2.25 bits per heavy atom. The molecule has 1 amide bonds. The minimum atomic E-state index is -0.945. The van der Waals surface area contributed by atoms with E-state index in [1.54, 1.807) is 11.8 Å². The van der Waals surface area contributed by atoms with E-state index in [0.717, 1.165) is 31.7 Å². The number of rotatable bonds is 8. The van der Waals surface area contributed by atoms with Gasteiger partial charge in [0.15, 0.2) is 0 Å². The van der Waals surface area contributed by atoms with Crippen LogP contribution in [0.2, 0.25) is 0 Å². The van der Waals surface area contributed by atoms with Crippen LogP contribution in [0, 0.1) is 11.8 Å². The molecule has 1 heterocycles. The molecule has 0 spiro atoms. The van der Waals surface area contributed by atoms with Gasteiger partial charge in [-0.1, -0.05) is 6.92 Å². The van der Waals surface area contributed by atoms with Crippen molar-refractivity contribution in [1.82, 2.24) is 10.6 Å². The van der Waals surface area contributed by atoms with E-state index in [9.17, 15) is 9.59 Å². The summed E-state index contributed by atoms with van der Waals surface area (Å²) in [6.07, 6.45) is 5.12. The largest absolute Gasteiger partial charge is 0.480 e. The van der Waals surface area contributed by atoms with Crippen molar-refractivity contribution in [3.8, 4) is 0 Å². The van der Waals surface area contributed by atoms with Crippen molar-refractivity contribution < 1.29 is 14.7 Å². The van der Waals surface area contributed by atoms with E-state index in [4.69, 9.17) is 5.11 Å². The molecule has 5 nitrogen and oxygen atoms in total. The van der Waals surface area contributed by atoms with Gasteiger partial charge in [-0.15, -0.1) is 0 Å². The molecular weight excluding hydrogens is 276 g/mol. The van der Waals surface area contributed by atoms with Crippen molar-refractivity contribution >= 4 is 23.6 Å². The standard InChI is InChI=1S/C14H26N2O3S/c1-10(11-4-3-6-15-9-11)8-13(17)16-12(14(18)19)5-7-20-2/h10-12,15H,3-9H2,1-2H3,(H,16,17)(H,18,19)/t10?,11?,12-/m1/s1. The summed E-state index contributed by atoms with van der Waals surface area (Å²) in [5, 5.41) is 15.1. The number of hydrogen-bond donors (Lipinski definition) is 3. The number of amides is 1. The Labute approximate surface area is 125 Å². The van der Waals surface area contributed by atoms with Crippen LogP contribution < -0.4 is 10.6 Å². The number of nitrogens with one attached hydrogen (secondary N) is 2. The highest BCUT2D eigenvalue weighted by molar-refractivity contribution is 7.98. The molecule has 0 aromatic heterocycles. The van der Waals surface area contributed by atoms with E-state index in [2.05, 4.69) is 17.6 Å². The Kier molecular flexibility index (Phi) is 7.99. The minimum Gasteiger partial charge on any atom is -0.480 e. The zero-order chi connectivity index (χ0) is 15.0. The molecule has 0 radical (unpaired) electrons. The number of carboxylic acid groups (broad SMARTS) is 1. The molecular formula is C14H26N2O3S. The Morgan fingerprint density at radius 1 is 1.50 bits per heavy atom. The monoisotopic (exact) mass is 302 g/mol. The first kappa shape index (κ1) is 17.3. The van der Waals surface area contributed by atoms with Gasteiger partial charge in [0.25, 0.3) is 0 Å². The predicted octanol–water partition coefficient (Wildman–Crippen LogP) is 1.33. The second-order valence-electron chi connectivity index (χ2n) is 5.53. The Bertz CT molecular complexity index is 320. The Morgan fingerprint density at radius 3 is 2.80 bits per heavy atom. The summed E-state index contributed by atoms with van der Waals surface area (Å²) in [7, 11) is 0. The van der Waals surface area contributed by atoms with E-state index in [0.29, 0.717) is 18.8 Å². The molecule has 0 bridgehead atoms. The second-order valence-corrected chi connectivity index (χ2v) is 6.51. The molecule has 0 aliphatic carbocycles. The summed E-state index contributed by atoms with van der Waals surface area (Å²) in [5.41, 5.74) is 0. The number of piperidine rings is 1. The van der Waals surface area contributed by atoms with E-state index < -0.39 is 12.0 Å². The van der Waals surface area contributed by atoms with Gasteiger partial charge in [-0.2, -0.15) is 11.8 Å². The van der Waals surface area contributed by atoms with Gasteiger partial charge in [-0.05, 0) is 56.2 Å². The lowest BCUT2D eigenvalue weighted by molar-refractivity contribution is -0.142. The summed E-state index contributed by atoms with van der Waals surface area (Å²) in [6, 6.07) is -0.758. The van der Waals surface area contributed by atoms with Crippen molar-refractivity contribution in [2.24, 2.45) is 11.8 Å². The van der Waals surface area contributed by atoms with Gasteiger partial charge in [-0.25, -0.2) is 4.79 Å². The number of thioether (sulfide) groups is 1. The quantitative estimate of drug-likeness (QED) is 0.630. The van der Waals surface area contributed by atoms with Gasteiger partial charge >= 0.3 is 5.97 Å². The van der Waals surface area contributed by atoms with Crippen molar-refractivity contribution in [1.29, 1.82) is 0 Å². The van der Waals surface area contributed by atoms with Crippen molar-refractivity contribution in [3.05, 3.63) is 0 Å². The summed E-state index contributed by atoms with van der Waals surface area (Å²) in [4.78, 5) is 23.1. The van der Waals surface area contributed by atoms with Crippen LogP contribution in [0.5, 0.6) is 0 Å². The maximum atomic E-state index is 12.0. The number of carboxylic acids is 1. The molecule has 0 saturated carbocycles. The van der Waals surface area contributed by atoms with Crippen molar-refractivity contribution in [2.75, 3.05) is 25.1 Å². The maximum Gasteiger partial charge on any atom is 0.326 e.